The number of carbonyl (C=O) groups is 1. The zero-order valence-electron chi connectivity index (χ0n) is 12.4. The molecule has 2 aromatic rings. The second-order valence-corrected chi connectivity index (χ2v) is 5.10. The normalized spacial score (nSPS) is 10.7. The highest BCUT2D eigenvalue weighted by atomic mass is 16.1. The predicted molar refractivity (Wildman–Crippen MR) is 80.5 cm³/mol. The summed E-state index contributed by atoms with van der Waals surface area (Å²) in [6, 6.07) is 3.40. The summed E-state index contributed by atoms with van der Waals surface area (Å²) in [5.41, 5.74) is 3.83. The maximum absolute atomic E-state index is 12.2. The summed E-state index contributed by atoms with van der Waals surface area (Å²) < 4.78 is 1.86. The largest absolute Gasteiger partial charge is 0.345 e. The second kappa shape index (κ2) is 6.36. The molecule has 21 heavy (non-hydrogen) atoms. The van der Waals surface area contributed by atoms with E-state index < -0.39 is 0 Å². The fourth-order valence-corrected chi connectivity index (χ4v) is 1.88. The van der Waals surface area contributed by atoms with E-state index in [0.29, 0.717) is 17.9 Å². The van der Waals surface area contributed by atoms with Gasteiger partial charge in [-0.25, -0.2) is 15.8 Å². The Bertz CT molecular complexity index is 634. The molecule has 0 saturated heterocycles. The summed E-state index contributed by atoms with van der Waals surface area (Å²) in [7, 11) is 1.88. The zero-order valence-corrected chi connectivity index (χ0v) is 12.4. The van der Waals surface area contributed by atoms with Crippen molar-refractivity contribution in [3.8, 4) is 0 Å². The molecular formula is C14H20N6O. The summed E-state index contributed by atoms with van der Waals surface area (Å²) in [4.78, 5) is 20.7. The van der Waals surface area contributed by atoms with Crippen molar-refractivity contribution in [2.24, 2.45) is 12.9 Å². The Morgan fingerprint density at radius 1 is 1.43 bits per heavy atom. The molecule has 1 amide bonds. The number of aromatic nitrogens is 3. The molecule has 2 heterocycles. The number of hydrazine groups is 1. The SMILES string of the molecule is CC(C)c1cc(C(=O)NCc2nccn2C)cc(NN)n1. The van der Waals surface area contributed by atoms with Crippen molar-refractivity contribution in [3.05, 3.63) is 41.6 Å². The van der Waals surface area contributed by atoms with Crippen LogP contribution in [0.1, 0.15) is 41.6 Å². The summed E-state index contributed by atoms with van der Waals surface area (Å²) in [5.74, 6) is 6.69. The van der Waals surface area contributed by atoms with Crippen LogP contribution in [-0.4, -0.2) is 20.4 Å². The van der Waals surface area contributed by atoms with E-state index in [9.17, 15) is 4.79 Å². The van der Waals surface area contributed by atoms with Crippen molar-refractivity contribution in [2.75, 3.05) is 5.43 Å². The maximum atomic E-state index is 12.2. The molecule has 0 aromatic carbocycles. The molecule has 2 rings (SSSR count). The smallest absolute Gasteiger partial charge is 0.251 e. The number of nitrogens with two attached hydrogens (primary N) is 1. The van der Waals surface area contributed by atoms with Crippen molar-refractivity contribution in [2.45, 2.75) is 26.3 Å². The van der Waals surface area contributed by atoms with Gasteiger partial charge in [-0.3, -0.25) is 4.79 Å². The number of pyridine rings is 1. The van der Waals surface area contributed by atoms with Gasteiger partial charge in [-0.1, -0.05) is 13.8 Å². The molecule has 0 bridgehead atoms. The van der Waals surface area contributed by atoms with Crippen LogP contribution in [0.4, 0.5) is 5.82 Å². The summed E-state index contributed by atoms with van der Waals surface area (Å²) in [5, 5.41) is 2.84. The van der Waals surface area contributed by atoms with Gasteiger partial charge in [-0.2, -0.15) is 0 Å². The van der Waals surface area contributed by atoms with Crippen molar-refractivity contribution in [1.82, 2.24) is 19.9 Å². The third-order valence-electron chi connectivity index (χ3n) is 3.17. The minimum Gasteiger partial charge on any atom is -0.345 e. The van der Waals surface area contributed by atoms with Crippen LogP contribution in [0.25, 0.3) is 0 Å². The summed E-state index contributed by atoms with van der Waals surface area (Å²) >= 11 is 0. The molecule has 4 N–H and O–H groups in total. The van der Waals surface area contributed by atoms with Crippen molar-refractivity contribution in [1.29, 1.82) is 0 Å². The van der Waals surface area contributed by atoms with Gasteiger partial charge in [0.25, 0.3) is 5.91 Å². The lowest BCUT2D eigenvalue weighted by molar-refractivity contribution is 0.0949. The molecule has 7 heteroatoms. The van der Waals surface area contributed by atoms with Crippen LogP contribution in [-0.2, 0) is 13.6 Å². The molecular weight excluding hydrogens is 268 g/mol. The number of hydrogen-bond donors (Lipinski definition) is 3. The number of imidazole rings is 1. The average molecular weight is 288 g/mol. The van der Waals surface area contributed by atoms with Crippen molar-refractivity contribution in [3.63, 3.8) is 0 Å². The van der Waals surface area contributed by atoms with E-state index >= 15 is 0 Å². The molecule has 0 radical (unpaired) electrons. The Hall–Kier alpha value is -2.41. The predicted octanol–water partition coefficient (Wildman–Crippen LogP) is 1.15. The first kappa shape index (κ1) is 15.0. The van der Waals surface area contributed by atoms with E-state index in [1.165, 1.54) is 0 Å². The highest BCUT2D eigenvalue weighted by Gasteiger charge is 2.12. The lowest BCUT2D eigenvalue weighted by Gasteiger charge is -2.11. The van der Waals surface area contributed by atoms with Crippen LogP contribution >= 0.6 is 0 Å². The number of nitrogens with zero attached hydrogens (tertiary/aromatic N) is 3. The number of anilines is 1. The van der Waals surface area contributed by atoms with Gasteiger partial charge in [0.05, 0.1) is 6.54 Å². The highest BCUT2D eigenvalue weighted by molar-refractivity contribution is 5.94. The first-order chi connectivity index (χ1) is 10.0. The molecule has 7 nitrogen and oxygen atoms in total. The second-order valence-electron chi connectivity index (χ2n) is 5.10. The summed E-state index contributed by atoms with van der Waals surface area (Å²) in [6.45, 7) is 4.39. The van der Waals surface area contributed by atoms with Crippen LogP contribution in [0.3, 0.4) is 0 Å². The van der Waals surface area contributed by atoms with Crippen molar-refractivity contribution >= 4 is 11.7 Å². The number of carbonyl (C=O) groups excluding carboxylic acids is 1. The van der Waals surface area contributed by atoms with Gasteiger partial charge in [-0.05, 0) is 18.1 Å². The quantitative estimate of drug-likeness (QED) is 0.566. The molecule has 2 aromatic heterocycles. The number of rotatable bonds is 5. The van der Waals surface area contributed by atoms with E-state index in [1.54, 1.807) is 18.3 Å². The van der Waals surface area contributed by atoms with E-state index in [2.05, 4.69) is 20.7 Å². The Labute approximate surface area is 123 Å². The topological polar surface area (TPSA) is 97.9 Å². The number of nitrogen functional groups attached to an aromatic ring is 1. The lowest BCUT2D eigenvalue weighted by atomic mass is 10.1. The van der Waals surface area contributed by atoms with Crippen molar-refractivity contribution < 1.29 is 4.79 Å². The molecule has 0 aliphatic heterocycles. The van der Waals surface area contributed by atoms with E-state index in [4.69, 9.17) is 5.84 Å². The fraction of sp³-hybridized carbons (Fsp3) is 0.357. The van der Waals surface area contributed by atoms with Gasteiger partial charge in [0.15, 0.2) is 0 Å². The molecule has 0 unspecified atom stereocenters. The first-order valence-electron chi connectivity index (χ1n) is 6.74. The Morgan fingerprint density at radius 2 is 2.19 bits per heavy atom. The van der Waals surface area contributed by atoms with Gasteiger partial charge in [0.2, 0.25) is 0 Å². The third-order valence-corrected chi connectivity index (χ3v) is 3.17. The first-order valence-corrected chi connectivity index (χ1v) is 6.74. The van der Waals surface area contributed by atoms with Gasteiger partial charge >= 0.3 is 0 Å². The molecule has 0 atom stereocenters. The number of amides is 1. The lowest BCUT2D eigenvalue weighted by Crippen LogP contribution is -2.25. The molecule has 112 valence electrons. The van der Waals surface area contributed by atoms with Crippen LogP contribution in [0.5, 0.6) is 0 Å². The Morgan fingerprint density at radius 3 is 2.76 bits per heavy atom. The molecule has 0 spiro atoms. The molecule has 0 aliphatic rings. The van der Waals surface area contributed by atoms with Gasteiger partial charge < -0.3 is 15.3 Å². The van der Waals surface area contributed by atoms with Gasteiger partial charge in [0, 0.05) is 30.7 Å². The number of aryl methyl sites for hydroxylation is 1. The van der Waals surface area contributed by atoms with Crippen LogP contribution in [0.15, 0.2) is 24.5 Å². The number of hydrogen-bond acceptors (Lipinski definition) is 5. The Balaban J connectivity index is 2.14. The van der Waals surface area contributed by atoms with E-state index in [0.717, 1.165) is 11.5 Å². The average Bonchev–Trinajstić information content (AvgIpc) is 2.89. The maximum Gasteiger partial charge on any atom is 0.251 e. The molecule has 0 saturated carbocycles. The standard InChI is InChI=1S/C14H20N6O/c1-9(2)11-6-10(7-12(18-11)19-15)14(21)17-8-13-16-4-5-20(13)3/h4-7,9H,8,15H2,1-3H3,(H,17,21)(H,18,19). The molecule has 0 aliphatic carbocycles. The highest BCUT2D eigenvalue weighted by Crippen LogP contribution is 2.17. The minimum atomic E-state index is -0.182. The third kappa shape index (κ3) is 3.57. The van der Waals surface area contributed by atoms with Gasteiger partial charge in [0.1, 0.15) is 11.6 Å². The minimum absolute atomic E-state index is 0.182. The van der Waals surface area contributed by atoms with E-state index in [1.807, 2.05) is 31.7 Å². The fourth-order valence-electron chi connectivity index (χ4n) is 1.88. The monoisotopic (exact) mass is 288 g/mol. The zero-order chi connectivity index (χ0) is 15.4. The van der Waals surface area contributed by atoms with Gasteiger partial charge in [-0.15, -0.1) is 0 Å². The van der Waals surface area contributed by atoms with E-state index in [-0.39, 0.29) is 11.8 Å². The summed E-state index contributed by atoms with van der Waals surface area (Å²) in [6.07, 6.45) is 3.53. The number of nitrogens with one attached hydrogen (secondary N) is 2. The molecule has 0 fully saturated rings. The van der Waals surface area contributed by atoms with Crippen LogP contribution in [0.2, 0.25) is 0 Å². The van der Waals surface area contributed by atoms with Crippen LogP contribution < -0.4 is 16.6 Å². The van der Waals surface area contributed by atoms with Crippen LogP contribution in [0, 0.1) is 0 Å². The Kier molecular flexibility index (Phi) is 4.54.